The SMILES string of the molecule is CCCCC(CC)C(N)c1ncccc1OC. The van der Waals surface area contributed by atoms with Crippen LogP contribution in [0, 0.1) is 5.92 Å². The monoisotopic (exact) mass is 236 g/mol. The van der Waals surface area contributed by atoms with Crippen LogP contribution in [0.25, 0.3) is 0 Å². The number of methoxy groups -OCH3 is 1. The van der Waals surface area contributed by atoms with E-state index in [1.54, 1.807) is 13.3 Å². The zero-order valence-corrected chi connectivity index (χ0v) is 11.1. The smallest absolute Gasteiger partial charge is 0.141 e. The highest BCUT2D eigenvalue weighted by atomic mass is 16.5. The molecule has 0 radical (unpaired) electrons. The number of nitrogens with two attached hydrogens (primary N) is 1. The predicted molar refractivity (Wildman–Crippen MR) is 71.0 cm³/mol. The maximum absolute atomic E-state index is 6.32. The summed E-state index contributed by atoms with van der Waals surface area (Å²) in [6, 6.07) is 3.78. The van der Waals surface area contributed by atoms with E-state index in [9.17, 15) is 0 Å². The van der Waals surface area contributed by atoms with Crippen molar-refractivity contribution in [1.29, 1.82) is 0 Å². The van der Waals surface area contributed by atoms with Crippen LogP contribution < -0.4 is 10.5 Å². The van der Waals surface area contributed by atoms with Gasteiger partial charge in [-0.25, -0.2) is 0 Å². The van der Waals surface area contributed by atoms with Gasteiger partial charge in [0.15, 0.2) is 0 Å². The number of nitrogens with zero attached hydrogens (tertiary/aromatic N) is 1. The Morgan fingerprint density at radius 1 is 1.41 bits per heavy atom. The lowest BCUT2D eigenvalue weighted by Crippen LogP contribution is -2.22. The highest BCUT2D eigenvalue weighted by molar-refractivity contribution is 5.29. The van der Waals surface area contributed by atoms with Crippen molar-refractivity contribution < 1.29 is 4.74 Å². The van der Waals surface area contributed by atoms with E-state index < -0.39 is 0 Å². The van der Waals surface area contributed by atoms with Crippen LogP contribution in [0.15, 0.2) is 18.3 Å². The van der Waals surface area contributed by atoms with Crippen LogP contribution >= 0.6 is 0 Å². The van der Waals surface area contributed by atoms with E-state index in [1.165, 1.54) is 12.8 Å². The quantitative estimate of drug-likeness (QED) is 0.790. The van der Waals surface area contributed by atoms with Crippen LogP contribution in [-0.4, -0.2) is 12.1 Å². The molecule has 2 unspecified atom stereocenters. The fraction of sp³-hybridized carbons (Fsp3) is 0.643. The van der Waals surface area contributed by atoms with E-state index in [-0.39, 0.29) is 6.04 Å². The number of hydrogen-bond acceptors (Lipinski definition) is 3. The van der Waals surface area contributed by atoms with E-state index in [2.05, 4.69) is 18.8 Å². The molecule has 1 aromatic rings. The molecule has 3 nitrogen and oxygen atoms in total. The van der Waals surface area contributed by atoms with Gasteiger partial charge in [-0.05, 0) is 24.5 Å². The van der Waals surface area contributed by atoms with Crippen molar-refractivity contribution >= 4 is 0 Å². The van der Waals surface area contributed by atoms with E-state index >= 15 is 0 Å². The molecule has 1 aromatic heterocycles. The fourth-order valence-electron chi connectivity index (χ4n) is 2.15. The van der Waals surface area contributed by atoms with Crippen LogP contribution in [0.4, 0.5) is 0 Å². The van der Waals surface area contributed by atoms with E-state index in [0.717, 1.165) is 24.3 Å². The van der Waals surface area contributed by atoms with Crippen LogP contribution in [0.1, 0.15) is 51.3 Å². The predicted octanol–water partition coefficient (Wildman–Crippen LogP) is 3.31. The van der Waals surface area contributed by atoms with Crippen molar-refractivity contribution in [2.75, 3.05) is 7.11 Å². The molecule has 1 heterocycles. The molecule has 0 saturated carbocycles. The van der Waals surface area contributed by atoms with Crippen molar-refractivity contribution in [2.24, 2.45) is 11.7 Å². The van der Waals surface area contributed by atoms with E-state index in [0.29, 0.717) is 5.92 Å². The van der Waals surface area contributed by atoms with Crippen molar-refractivity contribution in [1.82, 2.24) is 4.98 Å². The summed E-state index contributed by atoms with van der Waals surface area (Å²) >= 11 is 0. The Bertz CT molecular complexity index is 328. The summed E-state index contributed by atoms with van der Waals surface area (Å²) in [5.41, 5.74) is 7.21. The molecule has 1 rings (SSSR count). The Hall–Kier alpha value is -1.09. The maximum atomic E-state index is 6.32. The van der Waals surface area contributed by atoms with Gasteiger partial charge in [-0.2, -0.15) is 0 Å². The Balaban J connectivity index is 2.81. The Labute approximate surface area is 104 Å². The largest absolute Gasteiger partial charge is 0.495 e. The maximum Gasteiger partial charge on any atom is 0.141 e. The number of rotatable bonds is 7. The molecule has 0 amide bonds. The molecule has 0 aliphatic heterocycles. The second-order valence-corrected chi connectivity index (χ2v) is 4.43. The first-order valence-corrected chi connectivity index (χ1v) is 6.49. The normalized spacial score (nSPS) is 14.4. The van der Waals surface area contributed by atoms with Gasteiger partial charge in [-0.15, -0.1) is 0 Å². The van der Waals surface area contributed by atoms with Crippen LogP contribution in [0.5, 0.6) is 5.75 Å². The highest BCUT2D eigenvalue weighted by Gasteiger charge is 2.21. The first-order valence-electron chi connectivity index (χ1n) is 6.49. The molecule has 0 bridgehead atoms. The third-order valence-corrected chi connectivity index (χ3v) is 3.30. The van der Waals surface area contributed by atoms with Gasteiger partial charge in [-0.3, -0.25) is 4.98 Å². The molecular weight excluding hydrogens is 212 g/mol. The minimum absolute atomic E-state index is 0.0253. The summed E-state index contributed by atoms with van der Waals surface area (Å²) in [5, 5.41) is 0. The summed E-state index contributed by atoms with van der Waals surface area (Å²) in [4.78, 5) is 4.38. The van der Waals surface area contributed by atoms with Crippen molar-refractivity contribution in [3.8, 4) is 5.75 Å². The molecular formula is C14H24N2O. The molecule has 3 heteroatoms. The van der Waals surface area contributed by atoms with Crippen LogP contribution in [0.3, 0.4) is 0 Å². The summed E-state index contributed by atoms with van der Waals surface area (Å²) < 4.78 is 5.32. The Morgan fingerprint density at radius 2 is 2.18 bits per heavy atom. The number of hydrogen-bond donors (Lipinski definition) is 1. The molecule has 0 saturated heterocycles. The fourth-order valence-corrected chi connectivity index (χ4v) is 2.15. The second kappa shape index (κ2) is 7.28. The number of pyridine rings is 1. The van der Waals surface area contributed by atoms with Gasteiger partial charge >= 0.3 is 0 Å². The summed E-state index contributed by atoms with van der Waals surface area (Å²) in [6.07, 6.45) is 6.46. The van der Waals surface area contributed by atoms with Crippen LogP contribution in [0.2, 0.25) is 0 Å². The third-order valence-electron chi connectivity index (χ3n) is 3.30. The van der Waals surface area contributed by atoms with Gasteiger partial charge in [0, 0.05) is 6.20 Å². The highest BCUT2D eigenvalue weighted by Crippen LogP contribution is 2.30. The van der Waals surface area contributed by atoms with Gasteiger partial charge in [0.05, 0.1) is 18.8 Å². The van der Waals surface area contributed by atoms with Crippen molar-refractivity contribution in [2.45, 2.75) is 45.6 Å². The molecule has 0 aromatic carbocycles. The number of ether oxygens (including phenoxy) is 1. The molecule has 0 spiro atoms. The zero-order chi connectivity index (χ0) is 12.7. The van der Waals surface area contributed by atoms with E-state index in [1.807, 2.05) is 12.1 Å². The van der Waals surface area contributed by atoms with Gasteiger partial charge < -0.3 is 10.5 Å². The molecule has 0 aliphatic rings. The average molecular weight is 236 g/mol. The molecule has 96 valence electrons. The van der Waals surface area contributed by atoms with Crippen LogP contribution in [-0.2, 0) is 0 Å². The Kier molecular flexibility index (Phi) is 5.98. The molecule has 2 atom stereocenters. The standard InChI is InChI=1S/C14H24N2O/c1-4-6-8-11(5-2)13(15)14-12(17-3)9-7-10-16-14/h7,9-11,13H,4-6,8,15H2,1-3H3. The van der Waals surface area contributed by atoms with E-state index in [4.69, 9.17) is 10.5 Å². The average Bonchev–Trinajstić information content (AvgIpc) is 2.39. The van der Waals surface area contributed by atoms with Gasteiger partial charge in [-0.1, -0.05) is 33.1 Å². The topological polar surface area (TPSA) is 48.1 Å². The number of aromatic nitrogens is 1. The number of unbranched alkanes of at least 4 members (excludes halogenated alkanes) is 1. The molecule has 0 aliphatic carbocycles. The first-order chi connectivity index (χ1) is 8.24. The van der Waals surface area contributed by atoms with Gasteiger partial charge in [0.25, 0.3) is 0 Å². The lowest BCUT2D eigenvalue weighted by molar-refractivity contribution is 0.350. The lowest BCUT2D eigenvalue weighted by Gasteiger charge is -2.23. The Morgan fingerprint density at radius 3 is 2.76 bits per heavy atom. The first kappa shape index (κ1) is 14.0. The molecule has 0 fully saturated rings. The third kappa shape index (κ3) is 3.70. The zero-order valence-electron chi connectivity index (χ0n) is 11.1. The summed E-state index contributed by atoms with van der Waals surface area (Å²) in [6.45, 7) is 4.40. The minimum atomic E-state index is -0.0253. The lowest BCUT2D eigenvalue weighted by atomic mass is 9.89. The van der Waals surface area contributed by atoms with Gasteiger partial charge in [0.1, 0.15) is 5.75 Å². The molecule has 2 N–H and O–H groups in total. The summed E-state index contributed by atoms with van der Waals surface area (Å²) in [5.74, 6) is 1.29. The van der Waals surface area contributed by atoms with Crippen molar-refractivity contribution in [3.05, 3.63) is 24.0 Å². The summed E-state index contributed by atoms with van der Waals surface area (Å²) in [7, 11) is 1.67. The van der Waals surface area contributed by atoms with Gasteiger partial charge in [0.2, 0.25) is 0 Å². The second-order valence-electron chi connectivity index (χ2n) is 4.43. The molecule has 17 heavy (non-hydrogen) atoms. The van der Waals surface area contributed by atoms with Crippen molar-refractivity contribution in [3.63, 3.8) is 0 Å². The minimum Gasteiger partial charge on any atom is -0.495 e.